The quantitative estimate of drug-likeness (QED) is 0.877. The van der Waals surface area contributed by atoms with Crippen molar-refractivity contribution in [1.82, 2.24) is 0 Å². The van der Waals surface area contributed by atoms with Crippen molar-refractivity contribution in [2.24, 2.45) is 0 Å². The second kappa shape index (κ2) is 5.40. The first-order valence-electron chi connectivity index (χ1n) is 6.87. The fourth-order valence-electron chi connectivity index (χ4n) is 2.41. The van der Waals surface area contributed by atoms with E-state index in [4.69, 9.17) is 4.74 Å². The van der Waals surface area contributed by atoms with Crippen LogP contribution in [-0.4, -0.2) is 18.3 Å². The molecule has 1 amide bonds. The van der Waals surface area contributed by atoms with Crippen LogP contribution in [0, 0.1) is 0 Å². The maximum atomic E-state index is 12.5. The Morgan fingerprint density at radius 1 is 1.14 bits per heavy atom. The molecule has 3 rings (SSSR count). The van der Waals surface area contributed by atoms with Gasteiger partial charge in [-0.05, 0) is 55.0 Å². The smallest absolute Gasteiger partial charge is 0.228 e. The van der Waals surface area contributed by atoms with Gasteiger partial charge in [0.15, 0.2) is 5.78 Å². The molecular formula is C17H15NO3. The number of amides is 1. The van der Waals surface area contributed by atoms with Crippen LogP contribution in [0.2, 0.25) is 0 Å². The zero-order chi connectivity index (χ0) is 14.8. The van der Waals surface area contributed by atoms with E-state index in [2.05, 4.69) is 5.32 Å². The monoisotopic (exact) mass is 281 g/mol. The molecule has 0 radical (unpaired) electrons. The zero-order valence-electron chi connectivity index (χ0n) is 11.7. The normalized spacial score (nSPS) is 12.7. The van der Waals surface area contributed by atoms with E-state index in [1.165, 1.54) is 0 Å². The fraction of sp³-hybridized carbons (Fsp3) is 0.176. The number of rotatable bonds is 4. The molecular weight excluding hydrogens is 266 g/mol. The van der Waals surface area contributed by atoms with Crippen molar-refractivity contribution in [2.75, 3.05) is 11.9 Å². The highest BCUT2D eigenvalue weighted by atomic mass is 16.5. The third kappa shape index (κ3) is 2.65. The van der Waals surface area contributed by atoms with Gasteiger partial charge >= 0.3 is 0 Å². The molecule has 0 bridgehead atoms. The summed E-state index contributed by atoms with van der Waals surface area (Å²) < 4.78 is 5.36. The standard InChI is InChI=1S/C17H15NO3/c1-2-21-14-6-3-11(4-7-14)17(20)12-5-8-15-13(9-12)10-16(19)18-15/h3-9H,2,10H2,1H3,(H,18,19). The van der Waals surface area contributed by atoms with Crippen molar-refractivity contribution in [3.63, 3.8) is 0 Å². The molecule has 1 aliphatic rings. The van der Waals surface area contributed by atoms with Gasteiger partial charge in [0.25, 0.3) is 0 Å². The number of benzene rings is 2. The van der Waals surface area contributed by atoms with E-state index < -0.39 is 0 Å². The van der Waals surface area contributed by atoms with Gasteiger partial charge in [-0.1, -0.05) is 0 Å². The van der Waals surface area contributed by atoms with Crippen LogP contribution < -0.4 is 10.1 Å². The van der Waals surface area contributed by atoms with E-state index in [-0.39, 0.29) is 11.7 Å². The van der Waals surface area contributed by atoms with Crippen LogP contribution >= 0.6 is 0 Å². The van der Waals surface area contributed by atoms with E-state index in [1.807, 2.05) is 6.92 Å². The van der Waals surface area contributed by atoms with Gasteiger partial charge in [-0.15, -0.1) is 0 Å². The molecule has 0 saturated carbocycles. The largest absolute Gasteiger partial charge is 0.494 e. The minimum Gasteiger partial charge on any atom is -0.494 e. The summed E-state index contributed by atoms with van der Waals surface area (Å²) in [4.78, 5) is 23.8. The lowest BCUT2D eigenvalue weighted by atomic mass is 10.0. The van der Waals surface area contributed by atoms with Crippen molar-refractivity contribution in [2.45, 2.75) is 13.3 Å². The van der Waals surface area contributed by atoms with Gasteiger partial charge in [-0.3, -0.25) is 9.59 Å². The highest BCUT2D eigenvalue weighted by Gasteiger charge is 2.19. The molecule has 4 nitrogen and oxygen atoms in total. The summed E-state index contributed by atoms with van der Waals surface area (Å²) >= 11 is 0. The number of fused-ring (bicyclic) bond motifs is 1. The van der Waals surface area contributed by atoms with Crippen LogP contribution in [0.15, 0.2) is 42.5 Å². The van der Waals surface area contributed by atoms with Gasteiger partial charge in [0.05, 0.1) is 13.0 Å². The van der Waals surface area contributed by atoms with Crippen molar-refractivity contribution in [1.29, 1.82) is 0 Å². The van der Waals surface area contributed by atoms with Gasteiger partial charge < -0.3 is 10.1 Å². The summed E-state index contributed by atoms with van der Waals surface area (Å²) in [5.74, 6) is 0.661. The van der Waals surface area contributed by atoms with Crippen LogP contribution in [0.3, 0.4) is 0 Å². The van der Waals surface area contributed by atoms with Gasteiger partial charge in [0, 0.05) is 16.8 Å². The number of ketones is 1. The molecule has 4 heteroatoms. The Labute approximate surface area is 122 Å². The zero-order valence-corrected chi connectivity index (χ0v) is 11.7. The second-order valence-corrected chi connectivity index (χ2v) is 4.88. The number of ether oxygens (including phenoxy) is 1. The molecule has 0 spiro atoms. The van der Waals surface area contributed by atoms with Gasteiger partial charge in [0.1, 0.15) is 5.75 Å². The molecule has 0 saturated heterocycles. The molecule has 0 aromatic heterocycles. The van der Waals surface area contributed by atoms with Crippen LogP contribution in [0.1, 0.15) is 28.4 Å². The van der Waals surface area contributed by atoms with Gasteiger partial charge in [-0.25, -0.2) is 0 Å². The minimum atomic E-state index is -0.0554. The number of carbonyl (C=O) groups excluding carboxylic acids is 2. The second-order valence-electron chi connectivity index (χ2n) is 4.88. The van der Waals surface area contributed by atoms with Crippen molar-refractivity contribution in [3.8, 4) is 5.75 Å². The average Bonchev–Trinajstić information content (AvgIpc) is 2.86. The number of hydrogen-bond donors (Lipinski definition) is 1. The summed E-state index contributed by atoms with van der Waals surface area (Å²) in [6.07, 6.45) is 0.333. The molecule has 0 fully saturated rings. The van der Waals surface area contributed by atoms with Crippen molar-refractivity contribution < 1.29 is 14.3 Å². The van der Waals surface area contributed by atoms with E-state index in [9.17, 15) is 9.59 Å². The molecule has 0 unspecified atom stereocenters. The minimum absolute atomic E-state index is 0.0318. The number of nitrogens with one attached hydrogen (secondary N) is 1. The Bertz CT molecular complexity index is 704. The first kappa shape index (κ1) is 13.4. The maximum absolute atomic E-state index is 12.5. The highest BCUT2D eigenvalue weighted by molar-refractivity contribution is 6.10. The maximum Gasteiger partial charge on any atom is 0.228 e. The summed E-state index contributed by atoms with van der Waals surface area (Å²) in [6.45, 7) is 2.51. The Hall–Kier alpha value is -2.62. The Balaban J connectivity index is 1.85. The summed E-state index contributed by atoms with van der Waals surface area (Å²) in [5.41, 5.74) is 2.87. The van der Waals surface area contributed by atoms with Crippen LogP contribution in [-0.2, 0) is 11.2 Å². The van der Waals surface area contributed by atoms with Crippen LogP contribution in [0.25, 0.3) is 0 Å². The summed E-state index contributed by atoms with van der Waals surface area (Å²) in [5, 5.41) is 2.76. The Kier molecular flexibility index (Phi) is 3.44. The molecule has 0 aliphatic carbocycles. The number of hydrogen-bond acceptors (Lipinski definition) is 3. The number of anilines is 1. The summed E-state index contributed by atoms with van der Waals surface area (Å²) in [6, 6.07) is 12.4. The molecule has 1 heterocycles. The lowest BCUT2D eigenvalue weighted by Crippen LogP contribution is -2.03. The predicted octanol–water partition coefficient (Wildman–Crippen LogP) is 2.81. The molecule has 2 aromatic rings. The van der Waals surface area contributed by atoms with Gasteiger partial charge in [0.2, 0.25) is 5.91 Å². The predicted molar refractivity (Wildman–Crippen MR) is 79.8 cm³/mol. The van der Waals surface area contributed by atoms with Crippen LogP contribution in [0.4, 0.5) is 5.69 Å². The molecule has 106 valence electrons. The molecule has 21 heavy (non-hydrogen) atoms. The fourth-order valence-corrected chi connectivity index (χ4v) is 2.41. The summed E-state index contributed by atoms with van der Waals surface area (Å²) in [7, 11) is 0. The van der Waals surface area contributed by atoms with E-state index in [0.29, 0.717) is 24.2 Å². The van der Waals surface area contributed by atoms with Gasteiger partial charge in [-0.2, -0.15) is 0 Å². The third-order valence-electron chi connectivity index (χ3n) is 3.42. The third-order valence-corrected chi connectivity index (χ3v) is 3.42. The topological polar surface area (TPSA) is 55.4 Å². The molecule has 1 N–H and O–H groups in total. The first-order valence-corrected chi connectivity index (χ1v) is 6.87. The van der Waals surface area contributed by atoms with E-state index >= 15 is 0 Å². The average molecular weight is 281 g/mol. The van der Waals surface area contributed by atoms with Crippen molar-refractivity contribution in [3.05, 3.63) is 59.2 Å². The highest BCUT2D eigenvalue weighted by Crippen LogP contribution is 2.25. The SMILES string of the molecule is CCOc1ccc(C(=O)c2ccc3c(c2)CC(=O)N3)cc1. The van der Waals surface area contributed by atoms with Crippen molar-refractivity contribution >= 4 is 17.4 Å². The number of carbonyl (C=O) groups is 2. The Morgan fingerprint density at radius 2 is 1.86 bits per heavy atom. The Morgan fingerprint density at radius 3 is 2.57 bits per heavy atom. The lowest BCUT2D eigenvalue weighted by Gasteiger charge is -2.06. The van der Waals surface area contributed by atoms with E-state index in [0.717, 1.165) is 17.0 Å². The molecule has 1 aliphatic heterocycles. The molecule has 0 atom stereocenters. The lowest BCUT2D eigenvalue weighted by molar-refractivity contribution is -0.115. The van der Waals surface area contributed by atoms with E-state index in [1.54, 1.807) is 42.5 Å². The van der Waals surface area contributed by atoms with Crippen LogP contribution in [0.5, 0.6) is 5.75 Å². The first-order chi connectivity index (χ1) is 10.2. The molecule has 2 aromatic carbocycles.